The Morgan fingerprint density at radius 2 is 1.67 bits per heavy atom. The summed E-state index contributed by atoms with van der Waals surface area (Å²) < 4.78 is 5.40. The first-order valence-electron chi connectivity index (χ1n) is 4.33. The average molecular weight is 164 g/mol. The van der Waals surface area contributed by atoms with Crippen LogP contribution in [0.5, 0.6) is 0 Å². The highest BCUT2D eigenvalue weighted by atomic mass is 16.5. The highest BCUT2D eigenvalue weighted by molar-refractivity contribution is 5.17. The van der Waals surface area contributed by atoms with E-state index in [-0.39, 0.29) is 6.10 Å². The third-order valence-electron chi connectivity index (χ3n) is 1.99. The van der Waals surface area contributed by atoms with Crippen molar-refractivity contribution >= 4 is 0 Å². The molecule has 0 saturated heterocycles. The molecule has 0 aliphatic heterocycles. The third-order valence-corrected chi connectivity index (χ3v) is 1.99. The van der Waals surface area contributed by atoms with Crippen LogP contribution in [0.1, 0.15) is 25.5 Å². The predicted octanol–water partition coefficient (Wildman–Crippen LogP) is 3.03. The molecule has 0 spiro atoms. The lowest BCUT2D eigenvalue weighted by Gasteiger charge is -2.19. The quantitative estimate of drug-likeness (QED) is 0.667. The number of hydrogen-bond acceptors (Lipinski definition) is 1. The number of rotatable bonds is 3. The number of hydrogen-bond donors (Lipinski definition) is 0. The van der Waals surface area contributed by atoms with Gasteiger partial charge in [0.2, 0.25) is 0 Å². The lowest BCUT2D eigenvalue weighted by Crippen LogP contribution is -2.08. The van der Waals surface area contributed by atoms with Crippen LogP contribution >= 0.6 is 0 Å². The van der Waals surface area contributed by atoms with Crippen molar-refractivity contribution in [3.63, 3.8) is 0 Å². The average Bonchev–Trinajstić information content (AvgIpc) is 2.07. The van der Waals surface area contributed by atoms with Crippen LogP contribution in [-0.2, 0) is 4.74 Å². The highest BCUT2D eigenvalue weighted by Crippen LogP contribution is 2.24. The standard InChI is InChI=1S/C11H16O/c1-9(2)11(12-3)10-7-5-4-6-8-10/h4-9,11H,1-3H3/t11-/m1/s1. The molecule has 0 heterocycles. The molecule has 0 aromatic heterocycles. The first kappa shape index (κ1) is 9.27. The Morgan fingerprint density at radius 3 is 2.08 bits per heavy atom. The minimum absolute atomic E-state index is 0.228. The Morgan fingerprint density at radius 1 is 1.08 bits per heavy atom. The Kier molecular flexibility index (Phi) is 3.30. The van der Waals surface area contributed by atoms with Crippen molar-refractivity contribution in [1.29, 1.82) is 0 Å². The van der Waals surface area contributed by atoms with Crippen LogP contribution in [0.3, 0.4) is 0 Å². The number of ether oxygens (including phenoxy) is 1. The SMILES string of the molecule is CO[C@@H](c1ccccc1)C(C)C. The van der Waals surface area contributed by atoms with Crippen LogP contribution in [0.25, 0.3) is 0 Å². The zero-order valence-electron chi connectivity index (χ0n) is 7.95. The Hall–Kier alpha value is -0.820. The van der Waals surface area contributed by atoms with E-state index in [9.17, 15) is 0 Å². The number of methoxy groups -OCH3 is 1. The first-order chi connectivity index (χ1) is 5.75. The Bertz CT molecular complexity index is 216. The second-order valence-corrected chi connectivity index (χ2v) is 3.31. The lowest BCUT2D eigenvalue weighted by molar-refractivity contribution is 0.0646. The molecule has 1 aromatic carbocycles. The van der Waals surface area contributed by atoms with Gasteiger partial charge in [-0.2, -0.15) is 0 Å². The van der Waals surface area contributed by atoms with Crippen molar-refractivity contribution in [2.45, 2.75) is 20.0 Å². The van der Waals surface area contributed by atoms with Crippen molar-refractivity contribution < 1.29 is 4.74 Å². The predicted molar refractivity (Wildman–Crippen MR) is 51.0 cm³/mol. The fourth-order valence-electron chi connectivity index (χ4n) is 1.44. The van der Waals surface area contributed by atoms with Gasteiger partial charge in [0.05, 0.1) is 6.10 Å². The van der Waals surface area contributed by atoms with Crippen molar-refractivity contribution in [3.8, 4) is 0 Å². The molecule has 66 valence electrons. The smallest absolute Gasteiger partial charge is 0.0844 e. The van der Waals surface area contributed by atoms with Crippen LogP contribution in [0.2, 0.25) is 0 Å². The van der Waals surface area contributed by atoms with Gasteiger partial charge in [0.25, 0.3) is 0 Å². The van der Waals surface area contributed by atoms with Gasteiger partial charge in [-0.25, -0.2) is 0 Å². The molecule has 0 unspecified atom stereocenters. The van der Waals surface area contributed by atoms with E-state index in [0.717, 1.165) is 0 Å². The molecule has 0 aliphatic rings. The Labute approximate surface area is 74.4 Å². The molecule has 1 aromatic rings. The molecule has 1 atom stereocenters. The second-order valence-electron chi connectivity index (χ2n) is 3.31. The summed E-state index contributed by atoms with van der Waals surface area (Å²) in [5.74, 6) is 0.525. The molecule has 0 N–H and O–H groups in total. The fraction of sp³-hybridized carbons (Fsp3) is 0.455. The molecule has 1 heteroatoms. The molecule has 1 rings (SSSR count). The lowest BCUT2D eigenvalue weighted by atomic mass is 9.99. The third kappa shape index (κ3) is 2.08. The summed E-state index contributed by atoms with van der Waals surface area (Å²) >= 11 is 0. The van der Waals surface area contributed by atoms with E-state index in [1.165, 1.54) is 5.56 Å². The number of benzene rings is 1. The molecule has 0 amide bonds. The van der Waals surface area contributed by atoms with Crippen LogP contribution < -0.4 is 0 Å². The summed E-state index contributed by atoms with van der Waals surface area (Å²) in [7, 11) is 1.76. The maximum Gasteiger partial charge on any atom is 0.0844 e. The zero-order valence-corrected chi connectivity index (χ0v) is 7.95. The van der Waals surface area contributed by atoms with E-state index in [4.69, 9.17) is 4.74 Å². The zero-order chi connectivity index (χ0) is 8.97. The van der Waals surface area contributed by atoms with Crippen molar-refractivity contribution in [3.05, 3.63) is 35.9 Å². The molecule has 1 nitrogen and oxygen atoms in total. The Balaban J connectivity index is 2.80. The highest BCUT2D eigenvalue weighted by Gasteiger charge is 2.13. The van der Waals surface area contributed by atoms with Gasteiger partial charge in [0, 0.05) is 7.11 Å². The van der Waals surface area contributed by atoms with Crippen LogP contribution in [-0.4, -0.2) is 7.11 Å². The summed E-state index contributed by atoms with van der Waals surface area (Å²) in [5, 5.41) is 0. The van der Waals surface area contributed by atoms with E-state index in [1.54, 1.807) is 7.11 Å². The van der Waals surface area contributed by atoms with Crippen molar-refractivity contribution in [2.75, 3.05) is 7.11 Å². The molecule has 0 saturated carbocycles. The van der Waals surface area contributed by atoms with Gasteiger partial charge in [0.1, 0.15) is 0 Å². The minimum Gasteiger partial charge on any atom is -0.376 e. The van der Waals surface area contributed by atoms with Crippen LogP contribution in [0.4, 0.5) is 0 Å². The van der Waals surface area contributed by atoms with Gasteiger partial charge < -0.3 is 4.74 Å². The van der Waals surface area contributed by atoms with E-state index >= 15 is 0 Å². The molecule has 0 bridgehead atoms. The van der Waals surface area contributed by atoms with Crippen molar-refractivity contribution in [1.82, 2.24) is 0 Å². The van der Waals surface area contributed by atoms with Gasteiger partial charge in [-0.05, 0) is 11.5 Å². The monoisotopic (exact) mass is 164 g/mol. The molecule has 12 heavy (non-hydrogen) atoms. The molecular formula is C11H16O. The van der Waals surface area contributed by atoms with E-state index in [2.05, 4.69) is 26.0 Å². The molecule has 0 aliphatic carbocycles. The summed E-state index contributed by atoms with van der Waals surface area (Å²) in [6.07, 6.45) is 0.228. The maximum absolute atomic E-state index is 5.40. The van der Waals surface area contributed by atoms with Gasteiger partial charge >= 0.3 is 0 Å². The molecule has 0 fully saturated rings. The van der Waals surface area contributed by atoms with Crippen molar-refractivity contribution in [2.24, 2.45) is 5.92 Å². The van der Waals surface area contributed by atoms with Gasteiger partial charge in [-0.3, -0.25) is 0 Å². The van der Waals surface area contributed by atoms with Gasteiger partial charge in [0.15, 0.2) is 0 Å². The van der Waals surface area contributed by atoms with E-state index in [0.29, 0.717) is 5.92 Å². The maximum atomic E-state index is 5.40. The van der Waals surface area contributed by atoms with Crippen LogP contribution in [0.15, 0.2) is 30.3 Å². The molecule has 0 radical (unpaired) electrons. The van der Waals surface area contributed by atoms with E-state index in [1.807, 2.05) is 18.2 Å². The second kappa shape index (κ2) is 4.27. The van der Waals surface area contributed by atoms with E-state index < -0.39 is 0 Å². The largest absolute Gasteiger partial charge is 0.376 e. The summed E-state index contributed by atoms with van der Waals surface area (Å²) in [5.41, 5.74) is 1.26. The normalized spacial score (nSPS) is 13.3. The molecular weight excluding hydrogens is 148 g/mol. The minimum atomic E-state index is 0.228. The van der Waals surface area contributed by atoms with Gasteiger partial charge in [-0.1, -0.05) is 44.2 Å². The summed E-state index contributed by atoms with van der Waals surface area (Å²) in [6, 6.07) is 10.3. The van der Waals surface area contributed by atoms with Gasteiger partial charge in [-0.15, -0.1) is 0 Å². The topological polar surface area (TPSA) is 9.23 Å². The summed E-state index contributed by atoms with van der Waals surface area (Å²) in [4.78, 5) is 0. The summed E-state index contributed by atoms with van der Waals surface area (Å²) in [6.45, 7) is 4.34. The first-order valence-corrected chi connectivity index (χ1v) is 4.33. The fourth-order valence-corrected chi connectivity index (χ4v) is 1.44. The van der Waals surface area contributed by atoms with Crippen LogP contribution in [0, 0.1) is 5.92 Å².